The van der Waals surface area contributed by atoms with E-state index in [0.717, 1.165) is 0 Å². The molecule has 0 radical (unpaired) electrons. The zero-order valence-corrected chi connectivity index (χ0v) is 16.9. The second-order valence-corrected chi connectivity index (χ2v) is 7.45. The molecular weight excluding hydrogens is 269 g/mol. The van der Waals surface area contributed by atoms with Gasteiger partial charge in [-0.15, -0.1) is 0 Å². The summed E-state index contributed by atoms with van der Waals surface area (Å²) in [6.07, 6.45) is 0. The Labute approximate surface area is 140 Å². The van der Waals surface area contributed by atoms with Gasteiger partial charge in [-0.25, -0.2) is 0 Å². The topological polar surface area (TPSA) is 12.9 Å². The van der Waals surface area contributed by atoms with Gasteiger partial charge in [-0.05, 0) is 0 Å². The van der Waals surface area contributed by atoms with Crippen molar-refractivity contribution in [3.05, 3.63) is 17.2 Å². The number of nitrogens with zero attached hydrogens (tertiary/aromatic N) is 1. The molecule has 0 spiro atoms. The number of aromatic nitrogens is 1. The van der Waals surface area contributed by atoms with Crippen LogP contribution < -0.4 is -2.47 Å². The molecule has 1 aromatic rings. The third-order valence-corrected chi connectivity index (χ3v) is 6.89. The SMILES string of the molecule is Cc1cc(C)[c]([Rb])n[c]1[Rb]. The fraction of sp³-hybridized carbons (Fsp3) is 0.286. The predicted molar refractivity (Wildman–Crippen MR) is 44.5 cm³/mol. The van der Waals surface area contributed by atoms with Crippen molar-refractivity contribution >= 4 is 109 Å². The Morgan fingerprint density at radius 1 is 1.10 bits per heavy atom. The summed E-state index contributed by atoms with van der Waals surface area (Å²) in [5, 5.41) is 0. The molecule has 0 unspecified atom stereocenters. The molecule has 0 saturated carbocycles. The van der Waals surface area contributed by atoms with Gasteiger partial charge in [0.25, 0.3) is 0 Å². The van der Waals surface area contributed by atoms with Crippen molar-refractivity contribution in [3.63, 3.8) is 0 Å². The summed E-state index contributed by atoms with van der Waals surface area (Å²) in [5.41, 5.74) is 2.82. The van der Waals surface area contributed by atoms with Gasteiger partial charge in [0.1, 0.15) is 0 Å². The molecule has 1 heterocycles. The zero-order chi connectivity index (χ0) is 7.72. The maximum absolute atomic E-state index is 4.56. The van der Waals surface area contributed by atoms with Crippen molar-refractivity contribution in [3.8, 4) is 0 Å². The molecule has 0 bridgehead atoms. The van der Waals surface area contributed by atoms with E-state index in [1.54, 1.807) is 0 Å². The first-order chi connectivity index (χ1) is 4.61. The first-order valence-electron chi connectivity index (χ1n) is 3.52. The molecule has 0 amide bonds. The number of hydrogen-bond donors (Lipinski definition) is 0. The molecule has 10 heavy (non-hydrogen) atoms. The monoisotopic (exact) mass is 275 g/mol. The van der Waals surface area contributed by atoms with Gasteiger partial charge in [-0.1, -0.05) is 0 Å². The molecule has 0 aromatic carbocycles. The average Bonchev–Trinajstić information content (AvgIpc) is 1.84. The van der Waals surface area contributed by atoms with Crippen molar-refractivity contribution in [2.75, 3.05) is 0 Å². The molecule has 1 aromatic heterocycles. The normalized spacial score (nSPS) is 10.2. The van der Waals surface area contributed by atoms with Gasteiger partial charge < -0.3 is 0 Å². The van der Waals surface area contributed by atoms with E-state index < -0.39 is 0 Å². The number of pyridine rings is 1. The van der Waals surface area contributed by atoms with Crippen LogP contribution in [0.4, 0.5) is 0 Å². The maximum atomic E-state index is 4.56. The Kier molecular flexibility index (Phi) is 5.25. The van der Waals surface area contributed by atoms with Crippen molar-refractivity contribution < 1.29 is 0 Å². The molecule has 3 heteroatoms. The van der Waals surface area contributed by atoms with Gasteiger partial charge in [0, 0.05) is 0 Å². The van der Waals surface area contributed by atoms with Gasteiger partial charge in [0.15, 0.2) is 0 Å². The quantitative estimate of drug-likeness (QED) is 0.610. The van der Waals surface area contributed by atoms with E-state index in [-0.39, 0.29) is 0 Å². The van der Waals surface area contributed by atoms with Gasteiger partial charge in [0.05, 0.1) is 0 Å². The molecule has 0 aliphatic carbocycles. The third-order valence-electron chi connectivity index (χ3n) is 1.91. The van der Waals surface area contributed by atoms with Crippen molar-refractivity contribution in [2.24, 2.45) is 0 Å². The summed E-state index contributed by atoms with van der Waals surface area (Å²) in [5.74, 6) is 0. The van der Waals surface area contributed by atoms with Crippen LogP contribution in [0, 0.1) is 13.8 Å². The molecule has 0 saturated heterocycles. The van der Waals surface area contributed by atoms with Crippen LogP contribution in [0.1, 0.15) is 11.1 Å². The standard InChI is InChI=1S/C7H7N.2Rb/c1-6-3-7(2)5-8-4-6;;/h3H,1-2H3;;. The fourth-order valence-electron chi connectivity index (χ4n) is 0.962. The molecule has 0 aliphatic heterocycles. The van der Waals surface area contributed by atoms with E-state index in [4.69, 9.17) is 0 Å². The fourth-order valence-corrected chi connectivity index (χ4v) is 6.02. The van der Waals surface area contributed by atoms with Gasteiger partial charge >= 0.3 is 145 Å². The Morgan fingerprint density at radius 2 is 1.50 bits per heavy atom. The zero-order valence-electron chi connectivity index (χ0n) is 7.02. The van der Waals surface area contributed by atoms with Crippen LogP contribution in [0.15, 0.2) is 6.07 Å². The summed E-state index contributed by atoms with van der Waals surface area (Å²) in [4.78, 5) is 4.56. The summed E-state index contributed by atoms with van der Waals surface area (Å²) in [7, 11) is 0. The van der Waals surface area contributed by atoms with E-state index in [2.05, 4.69) is 24.9 Å². The molecular formula is C7H7NRb2. The van der Waals surface area contributed by atoms with Gasteiger partial charge in [0.2, 0.25) is 0 Å². The third kappa shape index (κ3) is 2.91. The van der Waals surface area contributed by atoms with Crippen molar-refractivity contribution in [1.29, 1.82) is 0 Å². The van der Waals surface area contributed by atoms with Crippen LogP contribution in [0.5, 0.6) is 0 Å². The first-order valence-corrected chi connectivity index (χ1v) is 8.44. The number of hydrogen-bond acceptors (Lipinski definition) is 1. The Balaban J connectivity index is 3.28. The van der Waals surface area contributed by atoms with Crippen LogP contribution in [0.3, 0.4) is 0 Å². The molecule has 0 N–H and O–H groups in total. The molecule has 42 valence electrons. The van der Waals surface area contributed by atoms with Crippen LogP contribution in [0.25, 0.3) is 0 Å². The van der Waals surface area contributed by atoms with Crippen molar-refractivity contribution in [1.82, 2.24) is 4.98 Å². The van der Waals surface area contributed by atoms with E-state index in [9.17, 15) is 0 Å². The van der Waals surface area contributed by atoms with Gasteiger partial charge in [-0.3, -0.25) is 0 Å². The van der Waals surface area contributed by atoms with Crippen LogP contribution >= 0.6 is 0 Å². The summed E-state index contributed by atoms with van der Waals surface area (Å²) < 4.78 is 2.81. The Bertz CT molecular complexity index is 208. The van der Waals surface area contributed by atoms with Crippen LogP contribution in [0.2, 0.25) is 0 Å². The van der Waals surface area contributed by atoms with E-state index in [1.165, 1.54) is 8.65 Å². The molecule has 1 nitrogen and oxygen atoms in total. The Morgan fingerprint density at radius 3 is 1.80 bits per heavy atom. The summed E-state index contributed by atoms with van der Waals surface area (Å²) >= 11 is 1.18. The van der Waals surface area contributed by atoms with E-state index in [1.807, 2.05) is 0 Å². The summed E-state index contributed by atoms with van der Waals surface area (Å²) in [6.45, 7) is 4.34. The molecule has 0 fully saturated rings. The van der Waals surface area contributed by atoms with Crippen LogP contribution in [-0.4, -0.2) is 116 Å². The second kappa shape index (κ2) is 4.85. The average molecular weight is 276 g/mol. The van der Waals surface area contributed by atoms with Crippen LogP contribution in [-0.2, 0) is 0 Å². The molecule has 0 aliphatic rings. The second-order valence-electron chi connectivity index (χ2n) is 2.79. The van der Waals surface area contributed by atoms with Crippen molar-refractivity contribution in [2.45, 2.75) is 13.8 Å². The molecule has 1 rings (SSSR count). The Hall–Kier alpha value is 2.76. The van der Waals surface area contributed by atoms with E-state index in [0.29, 0.717) is 111 Å². The first kappa shape index (κ1) is 10.8. The van der Waals surface area contributed by atoms with Gasteiger partial charge in [-0.2, -0.15) is 0 Å². The predicted octanol–water partition coefficient (Wildman–Crippen LogP) is -0.714. The number of aryl methyl sites for hydroxylation is 2. The minimum absolute atomic E-state index is 0.592. The van der Waals surface area contributed by atoms with E-state index >= 15 is 0 Å². The summed E-state index contributed by atoms with van der Waals surface area (Å²) in [6, 6.07) is 2.28. The minimum atomic E-state index is 0.592. The number of rotatable bonds is 0. The molecule has 0 atom stereocenters.